The molecule has 2 aliphatic rings. The lowest BCUT2D eigenvalue weighted by molar-refractivity contribution is -0.125. The summed E-state index contributed by atoms with van der Waals surface area (Å²) in [5.74, 6) is 1.31. The summed E-state index contributed by atoms with van der Waals surface area (Å²) in [6.07, 6.45) is 3.35. The molecule has 2 rings (SSSR count). The highest BCUT2D eigenvalue weighted by Crippen LogP contribution is 2.26. The Morgan fingerprint density at radius 2 is 2.23 bits per heavy atom. The van der Waals surface area contributed by atoms with Crippen molar-refractivity contribution in [1.82, 2.24) is 10.6 Å². The van der Waals surface area contributed by atoms with Crippen molar-refractivity contribution >= 4 is 5.91 Å². The molecule has 2 fully saturated rings. The lowest BCUT2D eigenvalue weighted by atomic mass is 9.81. The van der Waals surface area contributed by atoms with Crippen molar-refractivity contribution in [3.8, 4) is 0 Å². The smallest absolute Gasteiger partial charge is 0.224 e. The third-order valence-electron chi connectivity index (χ3n) is 3.15. The molecule has 1 saturated carbocycles. The summed E-state index contributed by atoms with van der Waals surface area (Å²) >= 11 is 0. The van der Waals surface area contributed by atoms with Crippen LogP contribution in [0.1, 0.15) is 26.2 Å². The SMILES string of the molecule is CC1CC(NC(=O)[C@@H]2CCNC2)C1. The number of carbonyl (C=O) groups is 1. The number of hydrogen-bond donors (Lipinski definition) is 2. The summed E-state index contributed by atoms with van der Waals surface area (Å²) in [6.45, 7) is 4.10. The number of amides is 1. The van der Waals surface area contributed by atoms with Crippen LogP contribution < -0.4 is 10.6 Å². The van der Waals surface area contributed by atoms with Gasteiger partial charge in [0.2, 0.25) is 5.91 Å². The van der Waals surface area contributed by atoms with Crippen LogP contribution in [0.25, 0.3) is 0 Å². The van der Waals surface area contributed by atoms with Gasteiger partial charge < -0.3 is 10.6 Å². The van der Waals surface area contributed by atoms with E-state index in [4.69, 9.17) is 0 Å². The van der Waals surface area contributed by atoms with Crippen molar-refractivity contribution in [3.05, 3.63) is 0 Å². The van der Waals surface area contributed by atoms with Crippen LogP contribution in [0, 0.1) is 11.8 Å². The zero-order valence-electron chi connectivity index (χ0n) is 8.18. The van der Waals surface area contributed by atoms with E-state index in [1.165, 1.54) is 12.8 Å². The summed E-state index contributed by atoms with van der Waals surface area (Å²) < 4.78 is 0. The Kier molecular flexibility index (Phi) is 2.54. The van der Waals surface area contributed by atoms with Crippen LogP contribution in [0.5, 0.6) is 0 Å². The molecule has 3 heteroatoms. The van der Waals surface area contributed by atoms with E-state index in [9.17, 15) is 4.79 Å². The maximum Gasteiger partial charge on any atom is 0.224 e. The Labute approximate surface area is 79.3 Å². The van der Waals surface area contributed by atoms with Crippen molar-refractivity contribution in [3.63, 3.8) is 0 Å². The Hall–Kier alpha value is -0.570. The number of carbonyl (C=O) groups excluding carboxylic acids is 1. The topological polar surface area (TPSA) is 41.1 Å². The fraction of sp³-hybridized carbons (Fsp3) is 0.900. The van der Waals surface area contributed by atoms with Crippen molar-refractivity contribution in [2.75, 3.05) is 13.1 Å². The molecule has 3 nitrogen and oxygen atoms in total. The molecule has 1 saturated heterocycles. The van der Waals surface area contributed by atoms with Gasteiger partial charge in [0.25, 0.3) is 0 Å². The van der Waals surface area contributed by atoms with Gasteiger partial charge in [-0.25, -0.2) is 0 Å². The van der Waals surface area contributed by atoms with Gasteiger partial charge in [-0.1, -0.05) is 6.92 Å². The molecular weight excluding hydrogens is 164 g/mol. The first-order valence-electron chi connectivity index (χ1n) is 5.27. The van der Waals surface area contributed by atoms with Crippen molar-refractivity contribution < 1.29 is 4.79 Å². The maximum absolute atomic E-state index is 11.6. The molecule has 0 bridgehead atoms. The average molecular weight is 182 g/mol. The van der Waals surface area contributed by atoms with Gasteiger partial charge in [-0.3, -0.25) is 4.79 Å². The van der Waals surface area contributed by atoms with E-state index in [1.54, 1.807) is 0 Å². The predicted molar refractivity (Wildman–Crippen MR) is 51.3 cm³/mol. The second-order valence-electron chi connectivity index (χ2n) is 4.47. The molecular formula is C10H18N2O. The monoisotopic (exact) mass is 182 g/mol. The Balaban J connectivity index is 1.72. The largest absolute Gasteiger partial charge is 0.353 e. The zero-order valence-corrected chi connectivity index (χ0v) is 8.18. The molecule has 1 aliphatic carbocycles. The van der Waals surface area contributed by atoms with Gasteiger partial charge in [0, 0.05) is 12.6 Å². The molecule has 74 valence electrons. The molecule has 2 N–H and O–H groups in total. The van der Waals surface area contributed by atoms with Crippen LogP contribution in [-0.4, -0.2) is 25.0 Å². The quantitative estimate of drug-likeness (QED) is 0.653. The molecule has 0 radical (unpaired) electrons. The standard InChI is InChI=1S/C10H18N2O/c1-7-4-9(5-7)12-10(13)8-2-3-11-6-8/h7-9,11H,2-6H2,1H3,(H,12,13)/t7?,8-,9?/m1/s1. The van der Waals surface area contributed by atoms with Gasteiger partial charge >= 0.3 is 0 Å². The highest BCUT2D eigenvalue weighted by molar-refractivity contribution is 5.79. The van der Waals surface area contributed by atoms with E-state index in [-0.39, 0.29) is 11.8 Å². The summed E-state index contributed by atoms with van der Waals surface area (Å²) in [4.78, 5) is 11.6. The summed E-state index contributed by atoms with van der Waals surface area (Å²) in [5.41, 5.74) is 0. The molecule has 0 aromatic carbocycles. The molecule has 0 unspecified atom stereocenters. The average Bonchev–Trinajstić information content (AvgIpc) is 2.53. The second-order valence-corrected chi connectivity index (χ2v) is 4.47. The van der Waals surface area contributed by atoms with Gasteiger partial charge in [-0.2, -0.15) is 0 Å². The van der Waals surface area contributed by atoms with Gasteiger partial charge in [-0.15, -0.1) is 0 Å². The molecule has 1 atom stereocenters. The van der Waals surface area contributed by atoms with Crippen molar-refractivity contribution in [2.45, 2.75) is 32.2 Å². The van der Waals surface area contributed by atoms with Crippen molar-refractivity contribution in [2.24, 2.45) is 11.8 Å². The summed E-state index contributed by atoms with van der Waals surface area (Å²) in [5, 5.41) is 6.32. The van der Waals surface area contributed by atoms with Gasteiger partial charge in [0.15, 0.2) is 0 Å². The number of nitrogens with one attached hydrogen (secondary N) is 2. The molecule has 0 spiro atoms. The minimum absolute atomic E-state index is 0.232. The van der Waals surface area contributed by atoms with E-state index in [1.807, 2.05) is 0 Å². The molecule has 1 aliphatic heterocycles. The second kappa shape index (κ2) is 3.66. The van der Waals surface area contributed by atoms with Gasteiger partial charge in [0.05, 0.1) is 5.92 Å². The maximum atomic E-state index is 11.6. The van der Waals surface area contributed by atoms with E-state index in [0.29, 0.717) is 6.04 Å². The third kappa shape index (κ3) is 2.02. The van der Waals surface area contributed by atoms with Crippen LogP contribution in [-0.2, 0) is 4.79 Å². The fourth-order valence-electron chi connectivity index (χ4n) is 2.22. The Bertz CT molecular complexity index is 193. The van der Waals surface area contributed by atoms with E-state index >= 15 is 0 Å². The van der Waals surface area contributed by atoms with Crippen LogP contribution in [0.2, 0.25) is 0 Å². The third-order valence-corrected chi connectivity index (χ3v) is 3.15. The van der Waals surface area contributed by atoms with Crippen LogP contribution >= 0.6 is 0 Å². The van der Waals surface area contributed by atoms with Crippen LogP contribution in [0.3, 0.4) is 0 Å². The molecule has 1 amide bonds. The first kappa shape index (κ1) is 9.00. The molecule has 0 aromatic rings. The van der Waals surface area contributed by atoms with Gasteiger partial charge in [-0.05, 0) is 31.7 Å². The highest BCUT2D eigenvalue weighted by Gasteiger charge is 2.30. The Morgan fingerprint density at radius 3 is 2.77 bits per heavy atom. The van der Waals surface area contributed by atoms with Gasteiger partial charge in [0.1, 0.15) is 0 Å². The number of hydrogen-bond acceptors (Lipinski definition) is 2. The normalized spacial score (nSPS) is 38.4. The number of rotatable bonds is 2. The van der Waals surface area contributed by atoms with Crippen molar-refractivity contribution in [1.29, 1.82) is 0 Å². The Morgan fingerprint density at radius 1 is 1.46 bits per heavy atom. The predicted octanol–water partition coefficient (Wildman–Crippen LogP) is 0.511. The lowest BCUT2D eigenvalue weighted by Gasteiger charge is -2.33. The minimum Gasteiger partial charge on any atom is -0.353 e. The van der Waals surface area contributed by atoms with Crippen LogP contribution in [0.15, 0.2) is 0 Å². The first-order valence-corrected chi connectivity index (χ1v) is 5.27. The molecule has 1 heterocycles. The van der Waals surface area contributed by atoms with Crippen LogP contribution in [0.4, 0.5) is 0 Å². The summed E-state index contributed by atoms with van der Waals surface area (Å²) in [7, 11) is 0. The fourth-order valence-corrected chi connectivity index (χ4v) is 2.22. The highest BCUT2D eigenvalue weighted by atomic mass is 16.2. The minimum atomic E-state index is 0.232. The van der Waals surface area contributed by atoms with E-state index < -0.39 is 0 Å². The zero-order chi connectivity index (χ0) is 9.26. The first-order chi connectivity index (χ1) is 6.25. The summed E-state index contributed by atoms with van der Waals surface area (Å²) in [6, 6.07) is 0.475. The lowest BCUT2D eigenvalue weighted by Crippen LogP contribution is -2.46. The molecule has 0 aromatic heterocycles. The molecule has 13 heavy (non-hydrogen) atoms. The van der Waals surface area contributed by atoms with E-state index in [0.717, 1.165) is 25.4 Å². The van der Waals surface area contributed by atoms with E-state index in [2.05, 4.69) is 17.6 Å².